The largest absolute Gasteiger partial charge is 0.396 e. The monoisotopic (exact) mass is 304 g/mol. The number of hydrogen-bond acceptors (Lipinski definition) is 4. The van der Waals surface area contributed by atoms with Gasteiger partial charge in [-0.3, -0.25) is 9.69 Å². The number of aliphatic hydroxyl groups is 2. The van der Waals surface area contributed by atoms with Crippen molar-refractivity contribution in [2.45, 2.75) is 25.5 Å². The van der Waals surface area contributed by atoms with E-state index in [0.29, 0.717) is 26.1 Å². The van der Waals surface area contributed by atoms with Crippen molar-refractivity contribution < 1.29 is 15.0 Å². The molecular weight excluding hydrogens is 280 g/mol. The van der Waals surface area contributed by atoms with Crippen LogP contribution in [0, 0.1) is 5.92 Å². The second-order valence-corrected chi connectivity index (χ2v) is 6.37. The van der Waals surface area contributed by atoms with Crippen LogP contribution in [0.3, 0.4) is 0 Å². The topological polar surface area (TPSA) is 64.0 Å². The predicted octanol–water partition coefficient (Wildman–Crippen LogP) is 0.246. The highest BCUT2D eigenvalue weighted by atomic mass is 16.3. The lowest BCUT2D eigenvalue weighted by molar-refractivity contribution is -0.137. The average Bonchev–Trinajstić information content (AvgIpc) is 2.54. The number of fused-ring (bicyclic) bond motifs is 1. The second kappa shape index (κ2) is 6.77. The number of piperidine rings is 1. The second-order valence-electron chi connectivity index (χ2n) is 6.37. The van der Waals surface area contributed by atoms with Crippen LogP contribution >= 0.6 is 0 Å². The van der Waals surface area contributed by atoms with Gasteiger partial charge in [-0.15, -0.1) is 0 Å². The molecule has 0 spiro atoms. The molecule has 2 aliphatic rings. The molecule has 5 nitrogen and oxygen atoms in total. The van der Waals surface area contributed by atoms with Crippen molar-refractivity contribution in [1.29, 1.82) is 0 Å². The van der Waals surface area contributed by atoms with Crippen LogP contribution in [-0.2, 0) is 17.8 Å². The normalized spacial score (nSPS) is 25.8. The standard InChI is InChI=1S/C17H24N2O3/c20-12-15-6-8-19(10-16(15)21)17(22)11-18-7-5-13-3-1-2-4-14(13)9-18/h1-4,15-16,20-21H,5-12H2/t15-,16+/m0/s1. The molecule has 0 radical (unpaired) electrons. The summed E-state index contributed by atoms with van der Waals surface area (Å²) >= 11 is 0. The number of aliphatic hydroxyl groups excluding tert-OH is 2. The van der Waals surface area contributed by atoms with Crippen LogP contribution in [0.25, 0.3) is 0 Å². The van der Waals surface area contributed by atoms with Crippen LogP contribution in [0.2, 0.25) is 0 Å². The minimum Gasteiger partial charge on any atom is -0.396 e. The van der Waals surface area contributed by atoms with Gasteiger partial charge in [0.2, 0.25) is 5.91 Å². The third-order valence-electron chi connectivity index (χ3n) is 4.88. The molecule has 120 valence electrons. The molecule has 0 bridgehead atoms. The fraction of sp³-hybridized carbons (Fsp3) is 0.588. The summed E-state index contributed by atoms with van der Waals surface area (Å²) < 4.78 is 0. The minimum atomic E-state index is -0.607. The van der Waals surface area contributed by atoms with E-state index in [1.54, 1.807) is 4.90 Å². The number of rotatable bonds is 3. The first-order valence-corrected chi connectivity index (χ1v) is 8.03. The van der Waals surface area contributed by atoms with Gasteiger partial charge in [-0.25, -0.2) is 0 Å². The van der Waals surface area contributed by atoms with E-state index in [1.165, 1.54) is 11.1 Å². The molecule has 5 heteroatoms. The lowest BCUT2D eigenvalue weighted by Crippen LogP contribution is -2.50. The Bertz CT molecular complexity index is 534. The summed E-state index contributed by atoms with van der Waals surface area (Å²) in [6.07, 6.45) is 1.05. The predicted molar refractivity (Wildman–Crippen MR) is 83.2 cm³/mol. The van der Waals surface area contributed by atoms with Crippen LogP contribution in [0.4, 0.5) is 0 Å². The molecule has 0 aliphatic carbocycles. The van der Waals surface area contributed by atoms with Gasteiger partial charge in [-0.1, -0.05) is 24.3 Å². The zero-order valence-corrected chi connectivity index (χ0v) is 12.8. The molecule has 2 N–H and O–H groups in total. The number of amides is 1. The van der Waals surface area contributed by atoms with Crippen LogP contribution in [0.1, 0.15) is 17.5 Å². The first kappa shape index (κ1) is 15.5. The molecule has 2 atom stereocenters. The molecule has 0 unspecified atom stereocenters. The van der Waals surface area contributed by atoms with Gasteiger partial charge >= 0.3 is 0 Å². The zero-order valence-electron chi connectivity index (χ0n) is 12.8. The quantitative estimate of drug-likeness (QED) is 0.840. The van der Waals surface area contributed by atoms with Gasteiger partial charge in [-0.2, -0.15) is 0 Å². The zero-order chi connectivity index (χ0) is 15.5. The Hall–Kier alpha value is -1.43. The van der Waals surface area contributed by atoms with Crippen molar-refractivity contribution >= 4 is 5.91 Å². The molecule has 3 rings (SSSR count). The molecule has 1 fully saturated rings. The number of nitrogens with zero attached hydrogens (tertiary/aromatic N) is 2. The summed E-state index contributed by atoms with van der Waals surface area (Å²) in [6, 6.07) is 8.39. The molecule has 1 amide bonds. The molecule has 22 heavy (non-hydrogen) atoms. The van der Waals surface area contributed by atoms with Gasteiger partial charge < -0.3 is 15.1 Å². The molecule has 2 heterocycles. The van der Waals surface area contributed by atoms with Crippen LogP contribution in [0.15, 0.2) is 24.3 Å². The van der Waals surface area contributed by atoms with E-state index in [-0.39, 0.29) is 18.4 Å². The van der Waals surface area contributed by atoms with E-state index in [0.717, 1.165) is 19.5 Å². The first-order valence-electron chi connectivity index (χ1n) is 8.03. The van der Waals surface area contributed by atoms with Crippen LogP contribution in [-0.4, -0.2) is 64.8 Å². The molecule has 0 saturated carbocycles. The van der Waals surface area contributed by atoms with Crippen molar-refractivity contribution in [3.8, 4) is 0 Å². The van der Waals surface area contributed by atoms with Gasteiger partial charge in [0.05, 0.1) is 12.6 Å². The molecule has 1 aromatic rings. The maximum Gasteiger partial charge on any atom is 0.236 e. The Morgan fingerprint density at radius 3 is 2.73 bits per heavy atom. The van der Waals surface area contributed by atoms with E-state index < -0.39 is 6.10 Å². The van der Waals surface area contributed by atoms with E-state index >= 15 is 0 Å². The van der Waals surface area contributed by atoms with E-state index in [9.17, 15) is 9.90 Å². The molecule has 1 aromatic carbocycles. The number of carbonyl (C=O) groups is 1. The van der Waals surface area contributed by atoms with E-state index in [1.807, 2.05) is 6.07 Å². The lowest BCUT2D eigenvalue weighted by Gasteiger charge is -2.37. The summed E-state index contributed by atoms with van der Waals surface area (Å²) in [7, 11) is 0. The maximum atomic E-state index is 12.4. The van der Waals surface area contributed by atoms with Crippen LogP contribution < -0.4 is 0 Å². The summed E-state index contributed by atoms with van der Waals surface area (Å²) in [4.78, 5) is 16.3. The lowest BCUT2D eigenvalue weighted by atomic mass is 9.94. The Balaban J connectivity index is 1.55. The van der Waals surface area contributed by atoms with Crippen molar-refractivity contribution in [3.05, 3.63) is 35.4 Å². The fourth-order valence-corrected chi connectivity index (χ4v) is 3.40. The fourth-order valence-electron chi connectivity index (χ4n) is 3.40. The van der Waals surface area contributed by atoms with Gasteiger partial charge in [-0.05, 0) is 24.0 Å². The highest BCUT2D eigenvalue weighted by molar-refractivity contribution is 5.78. The number of likely N-dealkylation sites (tertiary alicyclic amines) is 1. The Morgan fingerprint density at radius 1 is 1.23 bits per heavy atom. The van der Waals surface area contributed by atoms with Crippen molar-refractivity contribution in [1.82, 2.24) is 9.80 Å². The highest BCUT2D eigenvalue weighted by Gasteiger charge is 2.30. The Labute approximate surface area is 131 Å². The van der Waals surface area contributed by atoms with Crippen molar-refractivity contribution in [2.75, 3.05) is 32.8 Å². The molecular formula is C17H24N2O3. The van der Waals surface area contributed by atoms with Crippen molar-refractivity contribution in [2.24, 2.45) is 5.92 Å². The van der Waals surface area contributed by atoms with E-state index in [4.69, 9.17) is 5.11 Å². The summed E-state index contributed by atoms with van der Waals surface area (Å²) in [6.45, 7) is 3.09. The molecule has 1 saturated heterocycles. The summed E-state index contributed by atoms with van der Waals surface area (Å²) in [5, 5.41) is 19.1. The Morgan fingerprint density at radius 2 is 2.00 bits per heavy atom. The number of β-amino-alcohol motifs (C(OH)–C–C–N with tert-alkyl or cyclic N) is 1. The van der Waals surface area contributed by atoms with Crippen LogP contribution in [0.5, 0.6) is 0 Å². The smallest absolute Gasteiger partial charge is 0.236 e. The maximum absolute atomic E-state index is 12.4. The van der Waals surface area contributed by atoms with Gasteiger partial charge in [0, 0.05) is 38.7 Å². The average molecular weight is 304 g/mol. The SMILES string of the molecule is O=C(CN1CCc2ccccc2C1)N1CC[C@@H](CO)[C@H](O)C1. The van der Waals surface area contributed by atoms with Gasteiger partial charge in [0.25, 0.3) is 0 Å². The van der Waals surface area contributed by atoms with Gasteiger partial charge in [0.15, 0.2) is 0 Å². The number of hydrogen-bond donors (Lipinski definition) is 2. The third-order valence-corrected chi connectivity index (χ3v) is 4.88. The minimum absolute atomic E-state index is 0.00783. The third kappa shape index (κ3) is 3.32. The summed E-state index contributed by atoms with van der Waals surface area (Å²) in [5.74, 6) is -0.0132. The summed E-state index contributed by atoms with van der Waals surface area (Å²) in [5.41, 5.74) is 2.69. The first-order chi connectivity index (χ1) is 10.7. The van der Waals surface area contributed by atoms with E-state index in [2.05, 4.69) is 23.1 Å². The number of benzene rings is 1. The Kier molecular flexibility index (Phi) is 4.76. The van der Waals surface area contributed by atoms with Crippen molar-refractivity contribution in [3.63, 3.8) is 0 Å². The van der Waals surface area contributed by atoms with Gasteiger partial charge in [0.1, 0.15) is 0 Å². The highest BCUT2D eigenvalue weighted by Crippen LogP contribution is 2.20. The molecule has 0 aromatic heterocycles. The molecule has 2 aliphatic heterocycles. The number of carbonyl (C=O) groups excluding carboxylic acids is 1.